The molecule has 0 aromatic rings. The molecule has 0 aromatic carbocycles. The first-order valence-corrected chi connectivity index (χ1v) is 8.83. The molecule has 5 nitrogen and oxygen atoms in total. The lowest BCUT2D eigenvalue weighted by Gasteiger charge is -2.21. The van der Waals surface area contributed by atoms with E-state index in [2.05, 4.69) is 43.3 Å². The first kappa shape index (κ1) is 22.9. The van der Waals surface area contributed by atoms with E-state index < -0.39 is 0 Å². The van der Waals surface area contributed by atoms with E-state index in [0.717, 1.165) is 64.7 Å². The Morgan fingerprint density at radius 1 is 1.26 bits per heavy atom. The summed E-state index contributed by atoms with van der Waals surface area (Å²) in [5.74, 6) is 2.18. The van der Waals surface area contributed by atoms with E-state index in [-0.39, 0.29) is 24.0 Å². The first-order chi connectivity index (χ1) is 10.6. The van der Waals surface area contributed by atoms with Crippen molar-refractivity contribution >= 4 is 29.9 Å². The molecule has 0 radical (unpaired) electrons. The Bertz CT molecular complexity index is 308. The molecule has 1 saturated heterocycles. The average molecular weight is 441 g/mol. The molecule has 0 aliphatic carbocycles. The van der Waals surface area contributed by atoms with Crippen LogP contribution >= 0.6 is 24.0 Å². The van der Waals surface area contributed by atoms with Gasteiger partial charge >= 0.3 is 0 Å². The van der Waals surface area contributed by atoms with E-state index in [4.69, 9.17) is 9.47 Å². The minimum atomic E-state index is 0. The van der Waals surface area contributed by atoms with Gasteiger partial charge in [-0.25, -0.2) is 0 Å². The van der Waals surface area contributed by atoms with Crippen LogP contribution in [0.5, 0.6) is 0 Å². The zero-order valence-corrected chi connectivity index (χ0v) is 17.6. The summed E-state index contributed by atoms with van der Waals surface area (Å²) in [5.41, 5.74) is 0. The molecule has 0 saturated carbocycles. The van der Waals surface area contributed by atoms with E-state index in [9.17, 15) is 0 Å². The van der Waals surface area contributed by atoms with Crippen molar-refractivity contribution in [2.24, 2.45) is 16.8 Å². The van der Waals surface area contributed by atoms with Crippen molar-refractivity contribution in [1.29, 1.82) is 0 Å². The Morgan fingerprint density at radius 2 is 1.96 bits per heavy atom. The molecule has 138 valence electrons. The molecule has 1 aliphatic heterocycles. The highest BCUT2D eigenvalue weighted by molar-refractivity contribution is 14.0. The molecule has 0 spiro atoms. The highest BCUT2D eigenvalue weighted by Crippen LogP contribution is 2.14. The van der Waals surface area contributed by atoms with Crippen LogP contribution in [0.15, 0.2) is 4.99 Å². The fourth-order valence-electron chi connectivity index (χ4n) is 2.22. The van der Waals surface area contributed by atoms with E-state index in [1.165, 1.54) is 0 Å². The van der Waals surface area contributed by atoms with Crippen LogP contribution in [-0.4, -0.2) is 51.5 Å². The van der Waals surface area contributed by atoms with Crippen molar-refractivity contribution in [2.75, 3.05) is 39.5 Å². The second kappa shape index (κ2) is 14.3. The molecular weight excluding hydrogens is 405 g/mol. The minimum absolute atomic E-state index is 0. The lowest BCUT2D eigenvalue weighted by Crippen LogP contribution is -2.44. The monoisotopic (exact) mass is 441 g/mol. The van der Waals surface area contributed by atoms with Gasteiger partial charge in [0.2, 0.25) is 0 Å². The Hall–Kier alpha value is -0.0800. The molecule has 1 heterocycles. The maximum absolute atomic E-state index is 5.77. The summed E-state index contributed by atoms with van der Waals surface area (Å²) in [6.45, 7) is 13.8. The molecule has 0 aromatic heterocycles. The van der Waals surface area contributed by atoms with Crippen LogP contribution in [0.25, 0.3) is 0 Å². The quantitative estimate of drug-likeness (QED) is 0.250. The molecule has 6 heteroatoms. The maximum Gasteiger partial charge on any atom is 0.191 e. The van der Waals surface area contributed by atoms with Crippen molar-refractivity contribution < 1.29 is 9.47 Å². The van der Waals surface area contributed by atoms with E-state index >= 15 is 0 Å². The molecule has 1 fully saturated rings. The SMILES string of the molecule is CCNC(=NCCCOCC1CCOCC1)NC(C)C(C)C.I. The number of halogens is 1. The first-order valence-electron chi connectivity index (χ1n) is 8.83. The third-order valence-corrected chi connectivity index (χ3v) is 4.12. The van der Waals surface area contributed by atoms with E-state index in [1.807, 2.05) is 0 Å². The highest BCUT2D eigenvalue weighted by atomic mass is 127. The van der Waals surface area contributed by atoms with Gasteiger partial charge in [0.15, 0.2) is 5.96 Å². The van der Waals surface area contributed by atoms with Crippen LogP contribution in [0.3, 0.4) is 0 Å². The summed E-state index contributed by atoms with van der Waals surface area (Å²) < 4.78 is 11.1. The molecular formula is C17H36IN3O2. The van der Waals surface area contributed by atoms with E-state index in [1.54, 1.807) is 0 Å². The van der Waals surface area contributed by atoms with Crippen molar-refractivity contribution in [1.82, 2.24) is 10.6 Å². The molecule has 0 amide bonds. The largest absolute Gasteiger partial charge is 0.381 e. The standard InChI is InChI=1S/C17H35N3O2.HI/c1-5-18-17(20-15(4)14(2)3)19-9-6-10-22-13-16-7-11-21-12-8-16;/h14-16H,5-13H2,1-4H3,(H2,18,19,20);1H. The van der Waals surface area contributed by atoms with Gasteiger partial charge in [0.05, 0.1) is 0 Å². The zero-order chi connectivity index (χ0) is 16.2. The predicted octanol–water partition coefficient (Wildman–Crippen LogP) is 3.04. The third-order valence-electron chi connectivity index (χ3n) is 4.12. The number of nitrogens with zero attached hydrogens (tertiary/aromatic N) is 1. The molecule has 1 atom stereocenters. The fourth-order valence-corrected chi connectivity index (χ4v) is 2.22. The summed E-state index contributed by atoms with van der Waals surface area (Å²) >= 11 is 0. The molecule has 23 heavy (non-hydrogen) atoms. The van der Waals surface area contributed by atoms with Gasteiger partial charge in [-0.15, -0.1) is 24.0 Å². The van der Waals surface area contributed by atoms with E-state index in [0.29, 0.717) is 17.9 Å². The van der Waals surface area contributed by atoms with Gasteiger partial charge in [0, 0.05) is 45.6 Å². The van der Waals surface area contributed by atoms with Crippen molar-refractivity contribution in [2.45, 2.75) is 53.0 Å². The van der Waals surface area contributed by atoms with Gasteiger partial charge in [-0.3, -0.25) is 4.99 Å². The number of aliphatic imine (C=N–C) groups is 1. The smallest absolute Gasteiger partial charge is 0.191 e. The summed E-state index contributed by atoms with van der Waals surface area (Å²) in [6.07, 6.45) is 3.25. The van der Waals surface area contributed by atoms with Gasteiger partial charge < -0.3 is 20.1 Å². The summed E-state index contributed by atoms with van der Waals surface area (Å²) in [5, 5.41) is 6.74. The van der Waals surface area contributed by atoms with Crippen LogP contribution in [0, 0.1) is 11.8 Å². The lowest BCUT2D eigenvalue weighted by atomic mass is 10.0. The Balaban J connectivity index is 0.00000484. The summed E-state index contributed by atoms with van der Waals surface area (Å²) in [4.78, 5) is 4.61. The summed E-state index contributed by atoms with van der Waals surface area (Å²) in [7, 11) is 0. The van der Waals surface area contributed by atoms with Crippen LogP contribution in [0.2, 0.25) is 0 Å². The molecule has 0 bridgehead atoms. The van der Waals surface area contributed by atoms with Crippen LogP contribution in [0.4, 0.5) is 0 Å². The molecule has 1 aliphatic rings. The Labute approximate surface area is 159 Å². The maximum atomic E-state index is 5.77. The van der Waals surface area contributed by atoms with Crippen molar-refractivity contribution in [3.63, 3.8) is 0 Å². The van der Waals surface area contributed by atoms with Crippen LogP contribution < -0.4 is 10.6 Å². The Kier molecular flexibility index (Phi) is 14.2. The lowest BCUT2D eigenvalue weighted by molar-refractivity contribution is 0.0205. The number of hydrogen-bond donors (Lipinski definition) is 2. The van der Waals surface area contributed by atoms with Crippen molar-refractivity contribution in [3.8, 4) is 0 Å². The molecule has 1 rings (SSSR count). The third kappa shape index (κ3) is 11.2. The zero-order valence-electron chi connectivity index (χ0n) is 15.3. The fraction of sp³-hybridized carbons (Fsp3) is 0.941. The van der Waals surface area contributed by atoms with Gasteiger partial charge in [-0.05, 0) is 44.9 Å². The number of hydrogen-bond acceptors (Lipinski definition) is 3. The number of guanidine groups is 1. The normalized spacial score (nSPS) is 17.7. The number of nitrogens with one attached hydrogen (secondary N) is 2. The second-order valence-electron chi connectivity index (χ2n) is 6.42. The number of ether oxygens (including phenoxy) is 2. The van der Waals surface area contributed by atoms with Gasteiger partial charge in [0.25, 0.3) is 0 Å². The predicted molar refractivity (Wildman–Crippen MR) is 108 cm³/mol. The van der Waals surface area contributed by atoms with Gasteiger partial charge in [0.1, 0.15) is 0 Å². The average Bonchev–Trinajstić information content (AvgIpc) is 2.51. The highest BCUT2D eigenvalue weighted by Gasteiger charge is 2.13. The Morgan fingerprint density at radius 3 is 2.57 bits per heavy atom. The minimum Gasteiger partial charge on any atom is -0.381 e. The van der Waals surface area contributed by atoms with Crippen LogP contribution in [-0.2, 0) is 9.47 Å². The summed E-state index contributed by atoms with van der Waals surface area (Å²) in [6, 6.07) is 0.419. The topological polar surface area (TPSA) is 54.9 Å². The van der Waals surface area contributed by atoms with Gasteiger partial charge in [-0.1, -0.05) is 13.8 Å². The molecule has 2 N–H and O–H groups in total. The second-order valence-corrected chi connectivity index (χ2v) is 6.42. The van der Waals surface area contributed by atoms with Crippen molar-refractivity contribution in [3.05, 3.63) is 0 Å². The van der Waals surface area contributed by atoms with Crippen LogP contribution in [0.1, 0.15) is 47.0 Å². The number of rotatable bonds is 9. The van der Waals surface area contributed by atoms with Gasteiger partial charge in [-0.2, -0.15) is 0 Å². The molecule has 1 unspecified atom stereocenters.